The summed E-state index contributed by atoms with van der Waals surface area (Å²) in [7, 11) is 1.79. The summed E-state index contributed by atoms with van der Waals surface area (Å²) in [5.74, 6) is 0.329. The van der Waals surface area contributed by atoms with Crippen LogP contribution in [0.25, 0.3) is 11.0 Å². The molecular weight excluding hydrogens is 329 g/mol. The molecule has 2 heterocycles. The summed E-state index contributed by atoms with van der Waals surface area (Å²) in [6.45, 7) is 0. The molecule has 0 bridgehead atoms. The molecule has 120 valence electrons. The van der Waals surface area contributed by atoms with Crippen LogP contribution < -0.4 is 4.74 Å². The number of aromatic nitrogens is 4. The summed E-state index contributed by atoms with van der Waals surface area (Å²) in [5.41, 5.74) is 1.59. The maximum atomic E-state index is 12.1. The number of ether oxygens (including phenoxy) is 1. The van der Waals surface area contributed by atoms with E-state index in [-0.39, 0.29) is 5.75 Å². The van der Waals surface area contributed by atoms with E-state index < -0.39 is 6.36 Å². The van der Waals surface area contributed by atoms with Crippen LogP contribution in [0.5, 0.6) is 5.75 Å². The lowest BCUT2D eigenvalue weighted by atomic mass is 10.2. The van der Waals surface area contributed by atoms with Crippen molar-refractivity contribution >= 4 is 22.8 Å². The maximum Gasteiger partial charge on any atom is 0.573 e. The lowest BCUT2D eigenvalue weighted by molar-refractivity contribution is -0.274. The quantitative estimate of drug-likeness (QED) is 0.537. The van der Waals surface area contributed by atoms with Gasteiger partial charge in [-0.05, 0) is 17.7 Å². The molecule has 0 radical (unpaired) electrons. The lowest BCUT2D eigenvalue weighted by Crippen LogP contribution is -2.16. The predicted octanol–water partition coefficient (Wildman–Crippen LogP) is 3.55. The zero-order chi connectivity index (χ0) is 16.4. The first kappa shape index (κ1) is 15.6. The summed E-state index contributed by atoms with van der Waals surface area (Å²) < 4.78 is 41.8. The van der Waals surface area contributed by atoms with E-state index in [4.69, 9.17) is 0 Å². The fourth-order valence-electron chi connectivity index (χ4n) is 1.99. The summed E-state index contributed by atoms with van der Waals surface area (Å²) in [6, 6.07) is 5.78. The van der Waals surface area contributed by atoms with Crippen molar-refractivity contribution < 1.29 is 17.9 Å². The van der Waals surface area contributed by atoms with Crippen molar-refractivity contribution in [2.45, 2.75) is 17.1 Å². The number of alkyl halides is 3. The molecule has 0 aliphatic heterocycles. The van der Waals surface area contributed by atoms with Gasteiger partial charge in [-0.3, -0.25) is 4.68 Å². The van der Waals surface area contributed by atoms with Crippen molar-refractivity contribution in [3.05, 3.63) is 42.4 Å². The van der Waals surface area contributed by atoms with Gasteiger partial charge < -0.3 is 4.74 Å². The Kier molecular flexibility index (Phi) is 4.12. The van der Waals surface area contributed by atoms with Crippen LogP contribution in [0, 0.1) is 0 Å². The van der Waals surface area contributed by atoms with Crippen molar-refractivity contribution in [3.63, 3.8) is 0 Å². The van der Waals surface area contributed by atoms with Crippen molar-refractivity contribution in [2.75, 3.05) is 0 Å². The molecule has 5 nitrogen and oxygen atoms in total. The zero-order valence-electron chi connectivity index (χ0n) is 11.9. The molecular formula is C14H11F3N4OS. The number of hydrogen-bond acceptors (Lipinski definition) is 5. The second-order valence-electron chi connectivity index (χ2n) is 4.66. The molecule has 23 heavy (non-hydrogen) atoms. The molecule has 0 fully saturated rings. The van der Waals surface area contributed by atoms with Crippen molar-refractivity contribution in [1.29, 1.82) is 0 Å². The number of nitrogens with zero attached hydrogens (tertiary/aromatic N) is 4. The Hall–Kier alpha value is -2.29. The van der Waals surface area contributed by atoms with E-state index in [0.717, 1.165) is 21.6 Å². The smallest absolute Gasteiger partial charge is 0.406 e. The van der Waals surface area contributed by atoms with Gasteiger partial charge in [0.1, 0.15) is 17.1 Å². The molecule has 0 spiro atoms. The van der Waals surface area contributed by atoms with Crippen LogP contribution in [0.15, 0.2) is 41.8 Å². The van der Waals surface area contributed by atoms with Gasteiger partial charge in [-0.1, -0.05) is 12.1 Å². The number of thioether (sulfide) groups is 1. The minimum Gasteiger partial charge on any atom is -0.406 e. The van der Waals surface area contributed by atoms with Gasteiger partial charge >= 0.3 is 6.36 Å². The predicted molar refractivity (Wildman–Crippen MR) is 79.0 cm³/mol. The van der Waals surface area contributed by atoms with Gasteiger partial charge in [-0.15, -0.1) is 24.9 Å². The second-order valence-corrected chi connectivity index (χ2v) is 5.63. The molecule has 0 amide bonds. The van der Waals surface area contributed by atoms with Gasteiger partial charge in [0.25, 0.3) is 0 Å². The van der Waals surface area contributed by atoms with E-state index >= 15 is 0 Å². The van der Waals surface area contributed by atoms with Crippen LogP contribution in [0.3, 0.4) is 0 Å². The van der Waals surface area contributed by atoms with Crippen LogP contribution in [-0.2, 0) is 12.8 Å². The normalized spacial score (nSPS) is 11.8. The molecule has 0 N–H and O–H groups in total. The molecule has 0 aliphatic rings. The monoisotopic (exact) mass is 340 g/mol. The van der Waals surface area contributed by atoms with E-state index in [9.17, 15) is 13.2 Å². The van der Waals surface area contributed by atoms with E-state index in [2.05, 4.69) is 19.8 Å². The van der Waals surface area contributed by atoms with Crippen LogP contribution in [0.1, 0.15) is 5.56 Å². The van der Waals surface area contributed by atoms with Crippen LogP contribution in [-0.4, -0.2) is 26.1 Å². The standard InChI is InChI=1S/C14H11F3N4OS/c1-21-12-11(6-20-21)13(19-8-18-12)23-7-9-2-4-10(5-3-9)22-14(15,16)17/h2-6,8H,7H2,1H3. The first-order valence-corrected chi connectivity index (χ1v) is 7.51. The molecule has 0 aliphatic carbocycles. The van der Waals surface area contributed by atoms with Crippen molar-refractivity contribution in [3.8, 4) is 5.75 Å². The number of benzene rings is 1. The molecule has 2 aromatic heterocycles. The van der Waals surface area contributed by atoms with Gasteiger partial charge in [0.05, 0.1) is 11.6 Å². The highest BCUT2D eigenvalue weighted by Gasteiger charge is 2.30. The Morgan fingerprint density at radius 3 is 2.61 bits per heavy atom. The van der Waals surface area contributed by atoms with Crippen LogP contribution >= 0.6 is 11.8 Å². The summed E-state index contributed by atoms with van der Waals surface area (Å²) in [6.07, 6.45) is -1.52. The first-order valence-electron chi connectivity index (χ1n) is 6.52. The molecule has 3 aromatic rings. The highest BCUT2D eigenvalue weighted by atomic mass is 32.2. The summed E-state index contributed by atoms with van der Waals surface area (Å²) in [5, 5.41) is 5.76. The van der Waals surface area contributed by atoms with Crippen LogP contribution in [0.2, 0.25) is 0 Å². The molecule has 0 saturated heterocycles. The van der Waals surface area contributed by atoms with E-state index in [1.807, 2.05) is 0 Å². The average Bonchev–Trinajstić information content (AvgIpc) is 2.87. The molecule has 3 rings (SSSR count). The third-order valence-corrected chi connectivity index (χ3v) is 4.10. The fraction of sp³-hybridized carbons (Fsp3) is 0.214. The van der Waals surface area contributed by atoms with Gasteiger partial charge in [0.2, 0.25) is 0 Å². The largest absolute Gasteiger partial charge is 0.573 e. The highest BCUT2D eigenvalue weighted by molar-refractivity contribution is 7.98. The number of halogens is 3. The Bertz CT molecular complexity index is 817. The maximum absolute atomic E-state index is 12.1. The number of fused-ring (bicyclic) bond motifs is 1. The zero-order valence-corrected chi connectivity index (χ0v) is 12.7. The van der Waals surface area contributed by atoms with Gasteiger partial charge in [0.15, 0.2) is 5.65 Å². The molecule has 0 saturated carbocycles. The molecule has 0 atom stereocenters. The van der Waals surface area contributed by atoms with E-state index in [1.54, 1.807) is 30.1 Å². The number of aryl methyl sites for hydroxylation is 1. The fourth-order valence-corrected chi connectivity index (χ4v) is 2.91. The third-order valence-electron chi connectivity index (χ3n) is 3.03. The topological polar surface area (TPSA) is 52.8 Å². The SMILES string of the molecule is Cn1ncc2c(SCc3ccc(OC(F)(F)F)cc3)ncnc21. The third kappa shape index (κ3) is 3.73. The summed E-state index contributed by atoms with van der Waals surface area (Å²) in [4.78, 5) is 8.38. The molecule has 9 heteroatoms. The highest BCUT2D eigenvalue weighted by Crippen LogP contribution is 2.28. The number of hydrogen-bond donors (Lipinski definition) is 0. The summed E-state index contributed by atoms with van der Waals surface area (Å²) >= 11 is 1.47. The Labute approximate surface area is 133 Å². The Morgan fingerprint density at radius 2 is 1.91 bits per heavy atom. The molecule has 0 unspecified atom stereocenters. The minimum atomic E-state index is -4.68. The number of rotatable bonds is 4. The first-order chi connectivity index (χ1) is 10.9. The second kappa shape index (κ2) is 6.07. The lowest BCUT2D eigenvalue weighted by Gasteiger charge is -2.09. The Morgan fingerprint density at radius 1 is 1.17 bits per heavy atom. The van der Waals surface area contributed by atoms with Crippen molar-refractivity contribution in [1.82, 2.24) is 19.7 Å². The minimum absolute atomic E-state index is 0.233. The molecule has 1 aromatic carbocycles. The van der Waals surface area contributed by atoms with Gasteiger partial charge in [-0.2, -0.15) is 5.10 Å². The van der Waals surface area contributed by atoms with Gasteiger partial charge in [0, 0.05) is 12.8 Å². The Balaban J connectivity index is 1.70. The van der Waals surface area contributed by atoms with Gasteiger partial charge in [-0.25, -0.2) is 9.97 Å². The van der Waals surface area contributed by atoms with E-state index in [0.29, 0.717) is 5.75 Å². The average molecular weight is 340 g/mol. The van der Waals surface area contributed by atoms with Crippen LogP contribution in [0.4, 0.5) is 13.2 Å². The van der Waals surface area contributed by atoms with Crippen molar-refractivity contribution in [2.24, 2.45) is 7.05 Å². The van der Waals surface area contributed by atoms with E-state index in [1.165, 1.54) is 30.2 Å².